The van der Waals surface area contributed by atoms with E-state index in [1.165, 1.54) is 18.7 Å². The summed E-state index contributed by atoms with van der Waals surface area (Å²) < 4.78 is 19.1. The van der Waals surface area contributed by atoms with Gasteiger partial charge in [0.25, 0.3) is 0 Å². The Kier molecular flexibility index (Phi) is 3.99. The van der Waals surface area contributed by atoms with Gasteiger partial charge >= 0.3 is 0 Å². The van der Waals surface area contributed by atoms with E-state index in [4.69, 9.17) is 4.74 Å². The van der Waals surface area contributed by atoms with Crippen molar-refractivity contribution in [1.29, 1.82) is 0 Å². The molecule has 0 aliphatic carbocycles. The minimum atomic E-state index is -0.249. The number of thiophene rings is 1. The molecule has 0 radical (unpaired) electrons. The Morgan fingerprint density at radius 2 is 2.11 bits per heavy atom. The Balaban J connectivity index is 2.42. The lowest BCUT2D eigenvalue weighted by Gasteiger charge is -2.17. The fourth-order valence-corrected chi connectivity index (χ4v) is 3.03. The predicted octanol–water partition coefficient (Wildman–Crippen LogP) is 3.51. The Morgan fingerprint density at radius 3 is 2.61 bits per heavy atom. The molecule has 1 unspecified atom stereocenters. The van der Waals surface area contributed by atoms with Crippen LogP contribution in [0, 0.1) is 12.7 Å². The third kappa shape index (κ3) is 2.40. The number of aryl methyl sites for hydroxylation is 1. The van der Waals surface area contributed by atoms with Gasteiger partial charge < -0.3 is 10.1 Å². The molecule has 0 saturated carbocycles. The normalized spacial score (nSPS) is 12.4. The van der Waals surface area contributed by atoms with Crippen molar-refractivity contribution in [3.05, 3.63) is 51.5 Å². The monoisotopic (exact) mass is 265 g/mol. The van der Waals surface area contributed by atoms with Crippen LogP contribution in [0.5, 0.6) is 5.75 Å². The van der Waals surface area contributed by atoms with E-state index >= 15 is 0 Å². The van der Waals surface area contributed by atoms with Gasteiger partial charge in [0, 0.05) is 16.5 Å². The standard InChI is InChI=1S/C14H16FNOS/c1-9-6-7-18-14(9)13(16-2)11-5-4-10(17-3)8-12(11)15/h4-8,13,16H,1-3H3. The molecular formula is C14H16FNOS. The summed E-state index contributed by atoms with van der Waals surface area (Å²) in [4.78, 5) is 1.14. The van der Waals surface area contributed by atoms with Gasteiger partial charge in [-0.05, 0) is 37.0 Å². The predicted molar refractivity (Wildman–Crippen MR) is 72.9 cm³/mol. The van der Waals surface area contributed by atoms with Gasteiger partial charge in [0.1, 0.15) is 11.6 Å². The van der Waals surface area contributed by atoms with Crippen LogP contribution in [0.25, 0.3) is 0 Å². The molecule has 96 valence electrons. The van der Waals surface area contributed by atoms with Crippen molar-refractivity contribution in [2.24, 2.45) is 0 Å². The molecule has 1 N–H and O–H groups in total. The van der Waals surface area contributed by atoms with E-state index in [-0.39, 0.29) is 11.9 Å². The van der Waals surface area contributed by atoms with Crippen molar-refractivity contribution in [1.82, 2.24) is 5.32 Å². The van der Waals surface area contributed by atoms with Crippen molar-refractivity contribution < 1.29 is 9.13 Å². The first-order valence-electron chi connectivity index (χ1n) is 5.72. The maximum absolute atomic E-state index is 14.1. The van der Waals surface area contributed by atoms with Crippen LogP contribution in [0.15, 0.2) is 29.6 Å². The Hall–Kier alpha value is -1.39. The number of halogens is 1. The molecule has 0 saturated heterocycles. The lowest BCUT2D eigenvalue weighted by Crippen LogP contribution is -2.18. The summed E-state index contributed by atoms with van der Waals surface area (Å²) in [7, 11) is 3.38. The fraction of sp³-hybridized carbons (Fsp3) is 0.286. The third-order valence-electron chi connectivity index (χ3n) is 2.97. The van der Waals surface area contributed by atoms with Crippen LogP contribution in [0.3, 0.4) is 0 Å². The minimum Gasteiger partial charge on any atom is -0.497 e. The van der Waals surface area contributed by atoms with Gasteiger partial charge in [0.05, 0.1) is 13.2 Å². The first kappa shape index (κ1) is 13.1. The molecule has 18 heavy (non-hydrogen) atoms. The van der Waals surface area contributed by atoms with Crippen LogP contribution >= 0.6 is 11.3 Å². The summed E-state index contributed by atoms with van der Waals surface area (Å²) in [5.41, 5.74) is 1.82. The van der Waals surface area contributed by atoms with Gasteiger partial charge in [-0.15, -0.1) is 11.3 Å². The number of rotatable bonds is 4. The highest BCUT2D eigenvalue weighted by Crippen LogP contribution is 2.31. The summed E-state index contributed by atoms with van der Waals surface area (Å²) >= 11 is 1.64. The van der Waals surface area contributed by atoms with E-state index < -0.39 is 0 Å². The van der Waals surface area contributed by atoms with Crippen molar-refractivity contribution in [2.45, 2.75) is 13.0 Å². The van der Waals surface area contributed by atoms with Crippen molar-refractivity contribution in [2.75, 3.05) is 14.2 Å². The molecule has 2 rings (SSSR count). The number of ether oxygens (including phenoxy) is 1. The minimum absolute atomic E-state index is 0.115. The molecule has 1 aromatic heterocycles. The Bertz CT molecular complexity index is 538. The molecule has 1 atom stereocenters. The van der Waals surface area contributed by atoms with Gasteiger partial charge in [0.15, 0.2) is 0 Å². The lowest BCUT2D eigenvalue weighted by molar-refractivity contribution is 0.410. The largest absolute Gasteiger partial charge is 0.497 e. The SMILES string of the molecule is CNC(c1ccc(OC)cc1F)c1sccc1C. The molecule has 0 spiro atoms. The summed E-state index contributed by atoms with van der Waals surface area (Å²) in [6.45, 7) is 2.04. The molecular weight excluding hydrogens is 249 g/mol. The van der Waals surface area contributed by atoms with E-state index in [1.54, 1.807) is 23.5 Å². The molecule has 0 amide bonds. The quantitative estimate of drug-likeness (QED) is 0.913. The average Bonchev–Trinajstić information content (AvgIpc) is 2.78. The zero-order chi connectivity index (χ0) is 13.1. The molecule has 2 nitrogen and oxygen atoms in total. The van der Waals surface area contributed by atoms with Gasteiger partial charge in [-0.1, -0.05) is 6.07 Å². The van der Waals surface area contributed by atoms with E-state index in [9.17, 15) is 4.39 Å². The fourth-order valence-electron chi connectivity index (χ4n) is 1.98. The van der Waals surface area contributed by atoms with Gasteiger partial charge in [-0.3, -0.25) is 0 Å². The van der Waals surface area contributed by atoms with Crippen molar-refractivity contribution >= 4 is 11.3 Å². The van der Waals surface area contributed by atoms with Crippen LogP contribution in [0.4, 0.5) is 4.39 Å². The maximum Gasteiger partial charge on any atom is 0.132 e. The summed E-state index contributed by atoms with van der Waals surface area (Å²) in [6.07, 6.45) is 0. The smallest absolute Gasteiger partial charge is 0.132 e. The Labute approximate surface area is 110 Å². The van der Waals surface area contributed by atoms with Gasteiger partial charge in [0.2, 0.25) is 0 Å². The Morgan fingerprint density at radius 1 is 1.33 bits per heavy atom. The maximum atomic E-state index is 14.1. The number of benzene rings is 1. The highest BCUT2D eigenvalue weighted by Gasteiger charge is 2.19. The second kappa shape index (κ2) is 5.50. The number of methoxy groups -OCH3 is 1. The van der Waals surface area contributed by atoms with Crippen LogP contribution in [0.1, 0.15) is 22.0 Å². The summed E-state index contributed by atoms with van der Waals surface area (Å²) in [5.74, 6) is 0.288. The molecule has 1 aromatic carbocycles. The molecule has 0 aliphatic rings. The molecule has 0 bridgehead atoms. The van der Waals surface area contributed by atoms with E-state index in [0.717, 1.165) is 4.88 Å². The second-order valence-corrected chi connectivity index (χ2v) is 5.02. The van der Waals surface area contributed by atoms with E-state index in [0.29, 0.717) is 11.3 Å². The highest BCUT2D eigenvalue weighted by molar-refractivity contribution is 7.10. The van der Waals surface area contributed by atoms with Crippen LogP contribution < -0.4 is 10.1 Å². The van der Waals surface area contributed by atoms with Crippen molar-refractivity contribution in [3.63, 3.8) is 0 Å². The van der Waals surface area contributed by atoms with Crippen LogP contribution in [-0.4, -0.2) is 14.2 Å². The summed E-state index contributed by atoms with van der Waals surface area (Å²) in [5, 5.41) is 5.19. The van der Waals surface area contributed by atoms with E-state index in [2.05, 4.69) is 5.32 Å². The first-order valence-corrected chi connectivity index (χ1v) is 6.60. The average molecular weight is 265 g/mol. The molecule has 4 heteroatoms. The van der Waals surface area contributed by atoms with Crippen molar-refractivity contribution in [3.8, 4) is 5.75 Å². The third-order valence-corrected chi connectivity index (χ3v) is 4.05. The molecule has 0 fully saturated rings. The number of hydrogen-bond acceptors (Lipinski definition) is 3. The number of hydrogen-bond donors (Lipinski definition) is 1. The second-order valence-electron chi connectivity index (χ2n) is 4.08. The van der Waals surface area contributed by atoms with E-state index in [1.807, 2.05) is 25.4 Å². The molecule has 1 heterocycles. The highest BCUT2D eigenvalue weighted by atomic mass is 32.1. The lowest BCUT2D eigenvalue weighted by atomic mass is 10.0. The first-order chi connectivity index (χ1) is 8.67. The molecule has 0 aliphatic heterocycles. The number of nitrogens with one attached hydrogen (secondary N) is 1. The summed E-state index contributed by atoms with van der Waals surface area (Å²) in [6, 6.07) is 6.91. The topological polar surface area (TPSA) is 21.3 Å². The van der Waals surface area contributed by atoms with Gasteiger partial charge in [-0.25, -0.2) is 4.39 Å². The zero-order valence-electron chi connectivity index (χ0n) is 10.7. The molecule has 2 aromatic rings. The zero-order valence-corrected chi connectivity index (χ0v) is 11.5. The van der Waals surface area contributed by atoms with Crippen LogP contribution in [-0.2, 0) is 0 Å². The van der Waals surface area contributed by atoms with Gasteiger partial charge in [-0.2, -0.15) is 0 Å². The van der Waals surface area contributed by atoms with Crippen LogP contribution in [0.2, 0.25) is 0 Å².